The normalized spacial score (nSPS) is 38.8. The number of carbonyl (C=O) groups excluding carboxylic acids is 1. The molecular formula is C14H26N2O. The third kappa shape index (κ3) is 2.35. The highest BCUT2D eigenvalue weighted by atomic mass is 16.2. The molecule has 2 aliphatic rings. The first-order valence-electron chi connectivity index (χ1n) is 7.27. The minimum absolute atomic E-state index is 0.0640. The van der Waals surface area contributed by atoms with Gasteiger partial charge in [0, 0.05) is 6.04 Å². The molecule has 1 saturated heterocycles. The average Bonchev–Trinajstić information content (AvgIpc) is 2.66. The Kier molecular flexibility index (Phi) is 4.08. The summed E-state index contributed by atoms with van der Waals surface area (Å²) in [5.74, 6) is 1.01. The van der Waals surface area contributed by atoms with E-state index in [0.717, 1.165) is 12.8 Å². The van der Waals surface area contributed by atoms with Gasteiger partial charge in [-0.15, -0.1) is 0 Å². The first-order chi connectivity index (χ1) is 8.19. The van der Waals surface area contributed by atoms with E-state index in [-0.39, 0.29) is 12.2 Å². The molecule has 0 radical (unpaired) electrons. The van der Waals surface area contributed by atoms with Gasteiger partial charge in [0.05, 0.1) is 12.2 Å². The molecule has 17 heavy (non-hydrogen) atoms. The van der Waals surface area contributed by atoms with E-state index in [0.29, 0.717) is 17.9 Å². The second-order valence-electron chi connectivity index (χ2n) is 5.63. The Morgan fingerprint density at radius 3 is 2.53 bits per heavy atom. The minimum atomic E-state index is 0.0640. The summed E-state index contributed by atoms with van der Waals surface area (Å²) in [4.78, 5) is 14.6. The summed E-state index contributed by atoms with van der Waals surface area (Å²) in [5, 5.41) is 3.48. The fraction of sp³-hybridized carbons (Fsp3) is 0.929. The molecule has 2 fully saturated rings. The predicted octanol–water partition coefficient (Wildman–Crippen LogP) is 2.51. The summed E-state index contributed by atoms with van der Waals surface area (Å²) in [7, 11) is 0. The lowest BCUT2D eigenvalue weighted by Crippen LogP contribution is -2.48. The summed E-state index contributed by atoms with van der Waals surface area (Å²) in [6, 6.07) is 0.541. The highest BCUT2D eigenvalue weighted by Gasteiger charge is 2.42. The molecule has 3 nitrogen and oxygen atoms in total. The first-order valence-corrected chi connectivity index (χ1v) is 7.27. The van der Waals surface area contributed by atoms with Crippen molar-refractivity contribution in [3.05, 3.63) is 0 Å². The highest BCUT2D eigenvalue weighted by molar-refractivity contribution is 5.84. The summed E-state index contributed by atoms with van der Waals surface area (Å²) < 4.78 is 0. The molecule has 1 N–H and O–H groups in total. The maximum atomic E-state index is 12.4. The molecule has 1 aliphatic carbocycles. The van der Waals surface area contributed by atoms with E-state index < -0.39 is 0 Å². The lowest BCUT2D eigenvalue weighted by molar-refractivity contribution is -0.134. The van der Waals surface area contributed by atoms with Gasteiger partial charge < -0.3 is 4.90 Å². The average molecular weight is 238 g/mol. The summed E-state index contributed by atoms with van der Waals surface area (Å²) in [6.07, 6.45) is 7.30. The second-order valence-corrected chi connectivity index (χ2v) is 5.63. The van der Waals surface area contributed by atoms with Crippen LogP contribution in [0.1, 0.15) is 59.3 Å². The molecule has 0 bridgehead atoms. The Labute approximate surface area is 105 Å². The van der Waals surface area contributed by atoms with Crippen LogP contribution in [0.3, 0.4) is 0 Å². The van der Waals surface area contributed by atoms with Gasteiger partial charge in [-0.25, -0.2) is 0 Å². The quantitative estimate of drug-likeness (QED) is 0.819. The van der Waals surface area contributed by atoms with Crippen LogP contribution in [0.2, 0.25) is 0 Å². The van der Waals surface area contributed by atoms with Crippen LogP contribution in [0.25, 0.3) is 0 Å². The van der Waals surface area contributed by atoms with Crippen LogP contribution >= 0.6 is 0 Å². The molecule has 3 heteroatoms. The van der Waals surface area contributed by atoms with Gasteiger partial charge in [-0.05, 0) is 31.6 Å². The van der Waals surface area contributed by atoms with Crippen LogP contribution in [-0.2, 0) is 4.79 Å². The Balaban J connectivity index is 2.13. The van der Waals surface area contributed by atoms with Crippen LogP contribution in [0.4, 0.5) is 0 Å². The maximum absolute atomic E-state index is 12.4. The monoisotopic (exact) mass is 238 g/mol. The lowest BCUT2D eigenvalue weighted by Gasteiger charge is -2.39. The van der Waals surface area contributed by atoms with Crippen LogP contribution in [0.5, 0.6) is 0 Å². The van der Waals surface area contributed by atoms with Crippen molar-refractivity contribution in [1.82, 2.24) is 10.2 Å². The van der Waals surface area contributed by atoms with Crippen molar-refractivity contribution in [3.8, 4) is 0 Å². The van der Waals surface area contributed by atoms with E-state index in [1.807, 2.05) is 0 Å². The largest absolute Gasteiger partial charge is 0.323 e. The topological polar surface area (TPSA) is 32.3 Å². The standard InChI is InChI=1S/C14H26N2O/c1-4-11-14(17)16(13(5-2)15-11)12-9-7-6-8-10(12)3/h10-13,15H,4-9H2,1-3H3. The van der Waals surface area contributed by atoms with Gasteiger partial charge in [-0.2, -0.15) is 0 Å². The number of amides is 1. The van der Waals surface area contributed by atoms with Crippen molar-refractivity contribution in [2.75, 3.05) is 0 Å². The fourth-order valence-electron chi connectivity index (χ4n) is 3.43. The van der Waals surface area contributed by atoms with E-state index in [4.69, 9.17) is 0 Å². The zero-order valence-electron chi connectivity index (χ0n) is 11.4. The van der Waals surface area contributed by atoms with E-state index in [1.54, 1.807) is 0 Å². The molecule has 98 valence electrons. The Bertz CT molecular complexity index is 279. The van der Waals surface area contributed by atoms with Gasteiger partial charge in [0.15, 0.2) is 0 Å². The maximum Gasteiger partial charge on any atom is 0.241 e. The van der Waals surface area contributed by atoms with Crippen molar-refractivity contribution in [2.45, 2.75) is 77.5 Å². The minimum Gasteiger partial charge on any atom is -0.323 e. The third-order valence-corrected chi connectivity index (χ3v) is 4.50. The molecule has 1 amide bonds. The highest BCUT2D eigenvalue weighted by Crippen LogP contribution is 2.32. The van der Waals surface area contributed by atoms with Gasteiger partial charge in [0.1, 0.15) is 0 Å². The molecule has 1 saturated carbocycles. The lowest BCUT2D eigenvalue weighted by atomic mass is 9.84. The SMILES string of the molecule is CCC1NC(CC)N(C2CCCCC2C)C1=O. The molecule has 1 aliphatic heterocycles. The summed E-state index contributed by atoms with van der Waals surface area (Å²) >= 11 is 0. The molecule has 1 heterocycles. The second kappa shape index (κ2) is 5.38. The number of hydrogen-bond donors (Lipinski definition) is 1. The molecule has 0 spiro atoms. The molecule has 2 rings (SSSR count). The van der Waals surface area contributed by atoms with Crippen LogP contribution in [-0.4, -0.2) is 29.1 Å². The van der Waals surface area contributed by atoms with Gasteiger partial charge in [0.25, 0.3) is 0 Å². The van der Waals surface area contributed by atoms with Crippen LogP contribution in [0.15, 0.2) is 0 Å². The summed E-state index contributed by atoms with van der Waals surface area (Å²) in [6.45, 7) is 6.57. The first kappa shape index (κ1) is 12.9. The van der Waals surface area contributed by atoms with Crippen LogP contribution < -0.4 is 5.32 Å². The molecule has 4 atom stereocenters. The number of carbonyl (C=O) groups is 1. The van der Waals surface area contributed by atoms with Crippen LogP contribution in [0, 0.1) is 5.92 Å². The molecule has 4 unspecified atom stereocenters. The number of rotatable bonds is 3. The summed E-state index contributed by atoms with van der Waals surface area (Å²) in [5.41, 5.74) is 0. The van der Waals surface area contributed by atoms with Crippen molar-refractivity contribution < 1.29 is 4.79 Å². The number of hydrogen-bond acceptors (Lipinski definition) is 2. The Morgan fingerprint density at radius 2 is 1.94 bits per heavy atom. The van der Waals surface area contributed by atoms with Gasteiger partial charge in [-0.1, -0.05) is 33.6 Å². The van der Waals surface area contributed by atoms with Crippen molar-refractivity contribution >= 4 is 5.91 Å². The van der Waals surface area contributed by atoms with Gasteiger partial charge in [-0.3, -0.25) is 10.1 Å². The number of nitrogens with one attached hydrogen (secondary N) is 1. The molecular weight excluding hydrogens is 212 g/mol. The van der Waals surface area contributed by atoms with E-state index in [2.05, 4.69) is 31.0 Å². The molecule has 0 aromatic heterocycles. The zero-order valence-corrected chi connectivity index (χ0v) is 11.4. The van der Waals surface area contributed by atoms with Crippen molar-refractivity contribution in [3.63, 3.8) is 0 Å². The smallest absolute Gasteiger partial charge is 0.241 e. The Hall–Kier alpha value is -0.570. The van der Waals surface area contributed by atoms with Gasteiger partial charge >= 0.3 is 0 Å². The molecule has 0 aromatic carbocycles. The fourth-order valence-corrected chi connectivity index (χ4v) is 3.43. The Morgan fingerprint density at radius 1 is 1.24 bits per heavy atom. The van der Waals surface area contributed by atoms with E-state index in [9.17, 15) is 4.79 Å². The van der Waals surface area contributed by atoms with Crippen molar-refractivity contribution in [1.29, 1.82) is 0 Å². The zero-order chi connectivity index (χ0) is 12.4. The van der Waals surface area contributed by atoms with Gasteiger partial charge in [0.2, 0.25) is 5.91 Å². The third-order valence-electron chi connectivity index (χ3n) is 4.50. The van der Waals surface area contributed by atoms with E-state index >= 15 is 0 Å². The van der Waals surface area contributed by atoms with Crippen molar-refractivity contribution in [2.24, 2.45) is 5.92 Å². The molecule has 0 aromatic rings. The van der Waals surface area contributed by atoms with E-state index in [1.165, 1.54) is 25.7 Å². The predicted molar refractivity (Wildman–Crippen MR) is 69.6 cm³/mol. The number of nitrogens with zero attached hydrogens (tertiary/aromatic N) is 1.